The van der Waals surface area contributed by atoms with E-state index in [1.165, 1.54) is 25.3 Å². The van der Waals surface area contributed by atoms with E-state index in [4.69, 9.17) is 9.97 Å². The van der Waals surface area contributed by atoms with Gasteiger partial charge in [0.1, 0.15) is 17.5 Å². The molecule has 0 bridgehead atoms. The van der Waals surface area contributed by atoms with Crippen LogP contribution in [0, 0.1) is 17.7 Å². The number of aryl methyl sites for hydroxylation is 1. The van der Waals surface area contributed by atoms with Crippen LogP contribution in [-0.2, 0) is 19.1 Å². The topological polar surface area (TPSA) is 41.1 Å². The zero-order valence-corrected chi connectivity index (χ0v) is 21.6. The molecule has 1 fully saturated rings. The quantitative estimate of drug-likeness (QED) is 0.229. The summed E-state index contributed by atoms with van der Waals surface area (Å²) in [6, 6.07) is 10.9. The van der Waals surface area contributed by atoms with Crippen LogP contribution < -0.4 is 10.2 Å². The molecule has 8 heteroatoms. The third-order valence-corrected chi connectivity index (χ3v) is 7.33. The molecule has 1 heterocycles. The van der Waals surface area contributed by atoms with Crippen molar-refractivity contribution in [3.8, 4) is 0 Å². The summed E-state index contributed by atoms with van der Waals surface area (Å²) in [5.74, 6) is 2.26. The van der Waals surface area contributed by atoms with Crippen LogP contribution in [0.4, 0.5) is 23.4 Å². The summed E-state index contributed by atoms with van der Waals surface area (Å²) >= 11 is 0. The van der Waals surface area contributed by atoms with Crippen molar-refractivity contribution in [3.05, 3.63) is 65.2 Å². The van der Waals surface area contributed by atoms with Gasteiger partial charge in [-0.1, -0.05) is 37.8 Å². The van der Waals surface area contributed by atoms with Crippen molar-refractivity contribution in [2.45, 2.75) is 64.1 Å². The van der Waals surface area contributed by atoms with Crippen LogP contribution >= 0.6 is 0 Å². The number of halogens is 4. The van der Waals surface area contributed by atoms with Gasteiger partial charge in [-0.25, -0.2) is 14.4 Å². The first-order chi connectivity index (χ1) is 17.7. The van der Waals surface area contributed by atoms with Gasteiger partial charge in [-0.3, -0.25) is 0 Å². The summed E-state index contributed by atoms with van der Waals surface area (Å²) in [5.41, 5.74) is 0.380. The third kappa shape index (κ3) is 7.63. The Morgan fingerprint density at radius 3 is 2.41 bits per heavy atom. The average Bonchev–Trinajstić information content (AvgIpc) is 2.86. The first kappa shape index (κ1) is 27.3. The predicted molar refractivity (Wildman–Crippen MR) is 140 cm³/mol. The SMILES string of the molecule is CN(C)c1nc(CCCCC2CCC(CNCc3cc(F)cc(C(F)(F)F)c3)CC2)nc2ccccc12. The van der Waals surface area contributed by atoms with Crippen molar-refractivity contribution in [1.82, 2.24) is 15.3 Å². The molecule has 200 valence electrons. The Balaban J connectivity index is 1.16. The molecular formula is C29H36F4N4. The number of alkyl halides is 3. The zero-order chi connectivity index (χ0) is 26.4. The van der Waals surface area contributed by atoms with Gasteiger partial charge in [0.2, 0.25) is 0 Å². The van der Waals surface area contributed by atoms with Gasteiger partial charge in [0.15, 0.2) is 0 Å². The second-order valence-corrected chi connectivity index (χ2v) is 10.5. The molecule has 1 aliphatic rings. The smallest absolute Gasteiger partial charge is 0.362 e. The summed E-state index contributed by atoms with van der Waals surface area (Å²) in [5, 5.41) is 4.31. The van der Waals surface area contributed by atoms with E-state index >= 15 is 0 Å². The van der Waals surface area contributed by atoms with E-state index in [-0.39, 0.29) is 6.54 Å². The molecule has 1 aromatic heterocycles. The van der Waals surface area contributed by atoms with Crippen molar-refractivity contribution in [2.24, 2.45) is 11.8 Å². The van der Waals surface area contributed by atoms with Crippen LogP contribution in [-0.4, -0.2) is 30.6 Å². The maximum atomic E-state index is 13.6. The lowest BCUT2D eigenvalue weighted by atomic mass is 9.79. The number of anilines is 1. The van der Waals surface area contributed by atoms with E-state index in [1.54, 1.807) is 0 Å². The highest BCUT2D eigenvalue weighted by Crippen LogP contribution is 2.33. The van der Waals surface area contributed by atoms with E-state index in [0.29, 0.717) is 17.5 Å². The van der Waals surface area contributed by atoms with Gasteiger partial charge in [0.05, 0.1) is 11.1 Å². The molecule has 0 radical (unpaired) electrons. The molecule has 0 atom stereocenters. The molecule has 1 aliphatic carbocycles. The highest BCUT2D eigenvalue weighted by Gasteiger charge is 2.31. The van der Waals surface area contributed by atoms with Gasteiger partial charge in [-0.15, -0.1) is 0 Å². The lowest BCUT2D eigenvalue weighted by Gasteiger charge is -2.28. The number of rotatable bonds is 10. The van der Waals surface area contributed by atoms with Gasteiger partial charge >= 0.3 is 6.18 Å². The van der Waals surface area contributed by atoms with Crippen molar-refractivity contribution in [2.75, 3.05) is 25.5 Å². The summed E-state index contributed by atoms with van der Waals surface area (Å²) in [6.45, 7) is 0.991. The molecule has 0 aliphatic heterocycles. The largest absolute Gasteiger partial charge is 0.416 e. The summed E-state index contributed by atoms with van der Waals surface area (Å²) in [6.07, 6.45) is 4.38. The minimum atomic E-state index is -4.53. The van der Waals surface area contributed by atoms with Crippen LogP contribution in [0.3, 0.4) is 0 Å². The normalized spacial score (nSPS) is 18.3. The van der Waals surface area contributed by atoms with Gasteiger partial charge in [-0.05, 0) is 73.5 Å². The maximum absolute atomic E-state index is 13.6. The van der Waals surface area contributed by atoms with Crippen LogP contribution in [0.5, 0.6) is 0 Å². The second-order valence-electron chi connectivity index (χ2n) is 10.5. The molecule has 0 spiro atoms. The molecule has 4 rings (SSSR count). The highest BCUT2D eigenvalue weighted by molar-refractivity contribution is 5.89. The van der Waals surface area contributed by atoms with Crippen molar-refractivity contribution >= 4 is 16.7 Å². The van der Waals surface area contributed by atoms with E-state index < -0.39 is 17.6 Å². The fourth-order valence-corrected chi connectivity index (χ4v) is 5.34. The van der Waals surface area contributed by atoms with E-state index in [2.05, 4.69) is 11.4 Å². The monoisotopic (exact) mass is 516 g/mol. The van der Waals surface area contributed by atoms with Crippen molar-refractivity contribution in [1.29, 1.82) is 0 Å². The lowest BCUT2D eigenvalue weighted by molar-refractivity contribution is -0.137. The molecule has 0 unspecified atom stereocenters. The minimum Gasteiger partial charge on any atom is -0.362 e. The highest BCUT2D eigenvalue weighted by atomic mass is 19.4. The molecule has 0 amide bonds. The van der Waals surface area contributed by atoms with Gasteiger partial charge in [-0.2, -0.15) is 13.2 Å². The van der Waals surface area contributed by atoms with Crippen LogP contribution in [0.15, 0.2) is 42.5 Å². The van der Waals surface area contributed by atoms with Gasteiger partial charge < -0.3 is 10.2 Å². The fourth-order valence-electron chi connectivity index (χ4n) is 5.34. The number of aromatic nitrogens is 2. The standard InChI is InChI=1S/C29H36F4N4/c1-37(2)28-25-8-4-5-9-26(25)35-27(36-28)10-6-3-7-20-11-13-21(14-12-20)18-34-19-22-15-23(29(31,32)33)17-24(30)16-22/h4-5,8-9,15-17,20-21,34H,3,6-7,10-14,18-19H2,1-2H3. The lowest BCUT2D eigenvalue weighted by Crippen LogP contribution is -2.26. The molecule has 1 saturated carbocycles. The maximum Gasteiger partial charge on any atom is 0.416 e. The Morgan fingerprint density at radius 2 is 1.68 bits per heavy atom. The van der Waals surface area contributed by atoms with E-state index in [1.807, 2.05) is 37.2 Å². The van der Waals surface area contributed by atoms with Crippen LogP contribution in [0.25, 0.3) is 10.9 Å². The summed E-state index contributed by atoms with van der Waals surface area (Å²) < 4.78 is 52.3. The molecule has 2 aromatic carbocycles. The van der Waals surface area contributed by atoms with Crippen LogP contribution in [0.1, 0.15) is 61.9 Å². The molecule has 4 nitrogen and oxygen atoms in total. The van der Waals surface area contributed by atoms with Crippen LogP contribution in [0.2, 0.25) is 0 Å². The number of benzene rings is 2. The summed E-state index contributed by atoms with van der Waals surface area (Å²) in [4.78, 5) is 11.6. The summed E-state index contributed by atoms with van der Waals surface area (Å²) in [7, 11) is 4.02. The Labute approximate surface area is 216 Å². The van der Waals surface area contributed by atoms with Crippen molar-refractivity contribution in [3.63, 3.8) is 0 Å². The first-order valence-electron chi connectivity index (χ1n) is 13.2. The number of fused-ring (bicyclic) bond motifs is 1. The number of nitrogens with zero attached hydrogens (tertiary/aromatic N) is 3. The Kier molecular flexibility index (Phi) is 9.00. The number of nitrogens with one attached hydrogen (secondary N) is 1. The minimum absolute atomic E-state index is 0.243. The Bertz CT molecular complexity index is 1170. The molecule has 0 saturated heterocycles. The first-order valence-corrected chi connectivity index (χ1v) is 13.2. The third-order valence-electron chi connectivity index (χ3n) is 7.33. The van der Waals surface area contributed by atoms with Crippen molar-refractivity contribution < 1.29 is 17.6 Å². The van der Waals surface area contributed by atoms with Gasteiger partial charge in [0, 0.05) is 32.4 Å². The number of hydrogen-bond acceptors (Lipinski definition) is 4. The van der Waals surface area contributed by atoms with E-state index in [9.17, 15) is 17.6 Å². The number of hydrogen-bond donors (Lipinski definition) is 1. The van der Waals surface area contributed by atoms with Gasteiger partial charge in [0.25, 0.3) is 0 Å². The zero-order valence-electron chi connectivity index (χ0n) is 21.6. The predicted octanol–water partition coefficient (Wildman–Crippen LogP) is 7.16. The Hall–Kier alpha value is -2.74. The number of unbranched alkanes of at least 4 members (excludes halogenated alkanes) is 1. The second kappa shape index (κ2) is 12.2. The molecular weight excluding hydrogens is 480 g/mol. The fraction of sp³-hybridized carbons (Fsp3) is 0.517. The number of para-hydroxylation sites is 1. The van der Waals surface area contributed by atoms with E-state index in [0.717, 1.165) is 73.2 Å². The average molecular weight is 517 g/mol. The Morgan fingerprint density at radius 1 is 0.946 bits per heavy atom. The molecule has 3 aromatic rings. The molecule has 37 heavy (non-hydrogen) atoms. The molecule has 1 N–H and O–H groups in total.